The summed E-state index contributed by atoms with van der Waals surface area (Å²) in [6.07, 6.45) is -0.288. The number of hydrogen-bond donors (Lipinski definition) is 1. The van der Waals surface area contributed by atoms with Crippen LogP contribution in [0.3, 0.4) is 0 Å². The molecule has 1 aromatic rings. The molecule has 0 fully saturated rings. The summed E-state index contributed by atoms with van der Waals surface area (Å²) < 4.78 is 6.24. The summed E-state index contributed by atoms with van der Waals surface area (Å²) in [5, 5.41) is 0. The first-order valence-corrected chi connectivity index (χ1v) is 6.61. The van der Waals surface area contributed by atoms with Crippen molar-refractivity contribution in [1.82, 2.24) is 4.90 Å². The highest BCUT2D eigenvalue weighted by Crippen LogP contribution is 2.34. The minimum absolute atomic E-state index is 0.288. The number of carbonyl (C=O) groups excluding carboxylic acids is 1. The Kier molecular flexibility index (Phi) is 3.27. The highest BCUT2D eigenvalue weighted by atomic mass is 79.9. The van der Waals surface area contributed by atoms with Gasteiger partial charge in [0.05, 0.1) is 6.54 Å². The highest BCUT2D eigenvalue weighted by Gasteiger charge is 2.29. The van der Waals surface area contributed by atoms with E-state index in [1.165, 1.54) is 0 Å². The van der Waals surface area contributed by atoms with Gasteiger partial charge in [0.1, 0.15) is 5.60 Å². The van der Waals surface area contributed by atoms with E-state index in [0.29, 0.717) is 18.8 Å². The van der Waals surface area contributed by atoms with Gasteiger partial charge in [0.2, 0.25) is 0 Å². The van der Waals surface area contributed by atoms with E-state index in [1.54, 1.807) is 4.90 Å². The van der Waals surface area contributed by atoms with Crippen LogP contribution in [0.2, 0.25) is 0 Å². The first-order valence-electron chi connectivity index (χ1n) is 5.81. The number of nitrogens with zero attached hydrogens (tertiary/aromatic N) is 1. The first kappa shape index (κ1) is 13.2. The van der Waals surface area contributed by atoms with E-state index in [-0.39, 0.29) is 6.09 Å². The summed E-state index contributed by atoms with van der Waals surface area (Å²) in [7, 11) is 0. The van der Waals surface area contributed by atoms with Crippen molar-refractivity contribution in [3.8, 4) is 0 Å². The van der Waals surface area contributed by atoms with Crippen LogP contribution in [0.1, 0.15) is 31.9 Å². The molecule has 0 radical (unpaired) electrons. The number of halogens is 1. The van der Waals surface area contributed by atoms with E-state index >= 15 is 0 Å². The van der Waals surface area contributed by atoms with Gasteiger partial charge in [0.25, 0.3) is 0 Å². The number of ether oxygens (including phenoxy) is 1. The lowest BCUT2D eigenvalue weighted by atomic mass is 10.1. The van der Waals surface area contributed by atoms with Crippen LogP contribution in [0.5, 0.6) is 0 Å². The smallest absolute Gasteiger partial charge is 0.410 e. The fourth-order valence-corrected chi connectivity index (χ4v) is 2.42. The molecule has 0 saturated carbocycles. The summed E-state index contributed by atoms with van der Waals surface area (Å²) >= 11 is 3.47. The number of nitrogen functional groups attached to an aromatic ring is 1. The molecule has 0 unspecified atom stereocenters. The van der Waals surface area contributed by atoms with Crippen molar-refractivity contribution in [2.24, 2.45) is 0 Å². The first-order chi connectivity index (χ1) is 8.28. The Morgan fingerprint density at radius 3 is 2.67 bits per heavy atom. The molecule has 1 heterocycles. The van der Waals surface area contributed by atoms with Crippen molar-refractivity contribution in [3.05, 3.63) is 27.7 Å². The van der Waals surface area contributed by atoms with E-state index in [1.807, 2.05) is 32.9 Å². The van der Waals surface area contributed by atoms with Gasteiger partial charge in [-0.25, -0.2) is 4.79 Å². The number of carbonyl (C=O) groups is 1. The van der Waals surface area contributed by atoms with Crippen LogP contribution >= 0.6 is 15.9 Å². The van der Waals surface area contributed by atoms with E-state index in [2.05, 4.69) is 15.9 Å². The zero-order chi connectivity index (χ0) is 13.5. The van der Waals surface area contributed by atoms with E-state index in [0.717, 1.165) is 15.6 Å². The average Bonchev–Trinajstić information content (AvgIpc) is 2.66. The third-order valence-electron chi connectivity index (χ3n) is 2.73. The molecule has 1 amide bonds. The summed E-state index contributed by atoms with van der Waals surface area (Å²) in [6.45, 7) is 6.70. The molecule has 1 aliphatic rings. The summed E-state index contributed by atoms with van der Waals surface area (Å²) in [5.41, 5.74) is 8.24. The molecule has 0 atom stereocenters. The third-order valence-corrected chi connectivity index (χ3v) is 3.67. The van der Waals surface area contributed by atoms with Gasteiger partial charge in [0, 0.05) is 16.7 Å². The molecule has 0 aliphatic carbocycles. The van der Waals surface area contributed by atoms with Crippen LogP contribution in [0.25, 0.3) is 0 Å². The molecule has 1 aromatic carbocycles. The SMILES string of the molecule is CC(C)(C)OC(=O)N1Cc2ccc(N)c(Br)c2C1. The Balaban J connectivity index is 2.15. The zero-order valence-corrected chi connectivity index (χ0v) is 12.4. The molecule has 4 nitrogen and oxygen atoms in total. The van der Waals surface area contributed by atoms with E-state index in [9.17, 15) is 4.79 Å². The van der Waals surface area contributed by atoms with Crippen LogP contribution in [-0.4, -0.2) is 16.6 Å². The Bertz CT molecular complexity index is 494. The maximum Gasteiger partial charge on any atom is 0.410 e. The van der Waals surface area contributed by atoms with Gasteiger partial charge in [-0.15, -0.1) is 0 Å². The molecule has 2 rings (SSSR count). The average molecular weight is 313 g/mol. The number of rotatable bonds is 0. The number of benzene rings is 1. The Labute approximate surface area is 115 Å². The van der Waals surface area contributed by atoms with Gasteiger partial charge >= 0.3 is 6.09 Å². The predicted octanol–water partition coefficient (Wildman–Crippen LogP) is 3.28. The lowest BCUT2D eigenvalue weighted by Gasteiger charge is -2.24. The second-order valence-electron chi connectivity index (χ2n) is 5.44. The van der Waals surface area contributed by atoms with Crippen molar-refractivity contribution in [1.29, 1.82) is 0 Å². The van der Waals surface area contributed by atoms with E-state index in [4.69, 9.17) is 10.5 Å². The minimum Gasteiger partial charge on any atom is -0.444 e. The summed E-state index contributed by atoms with van der Waals surface area (Å²) in [4.78, 5) is 13.7. The van der Waals surface area contributed by atoms with Gasteiger partial charge < -0.3 is 10.5 Å². The number of nitrogens with two attached hydrogens (primary N) is 1. The van der Waals surface area contributed by atoms with Crippen molar-refractivity contribution >= 4 is 27.7 Å². The van der Waals surface area contributed by atoms with Gasteiger partial charge in [-0.2, -0.15) is 0 Å². The Hall–Kier alpha value is -1.23. The van der Waals surface area contributed by atoms with Crippen LogP contribution < -0.4 is 5.73 Å². The number of hydrogen-bond acceptors (Lipinski definition) is 3. The highest BCUT2D eigenvalue weighted by molar-refractivity contribution is 9.10. The number of anilines is 1. The van der Waals surface area contributed by atoms with E-state index < -0.39 is 5.60 Å². The normalized spacial score (nSPS) is 14.6. The molecular weight excluding hydrogens is 296 g/mol. The molecule has 2 N–H and O–H groups in total. The fourth-order valence-electron chi connectivity index (χ4n) is 1.91. The Morgan fingerprint density at radius 1 is 1.39 bits per heavy atom. The largest absolute Gasteiger partial charge is 0.444 e. The van der Waals surface area contributed by atoms with Crippen molar-refractivity contribution in [2.75, 3.05) is 5.73 Å². The molecule has 0 spiro atoms. The molecule has 0 bridgehead atoms. The third kappa shape index (κ3) is 2.61. The molecule has 0 aromatic heterocycles. The number of fused-ring (bicyclic) bond motifs is 1. The van der Waals surface area contributed by atoms with Crippen molar-refractivity contribution in [2.45, 2.75) is 39.5 Å². The molecule has 5 heteroatoms. The quantitative estimate of drug-likeness (QED) is 0.748. The number of amides is 1. The standard InChI is InChI=1S/C13H17BrN2O2/c1-13(2,3)18-12(17)16-6-8-4-5-10(15)11(14)9(8)7-16/h4-5H,6-7,15H2,1-3H3. The second-order valence-corrected chi connectivity index (χ2v) is 6.24. The van der Waals surface area contributed by atoms with Gasteiger partial charge in [0.15, 0.2) is 0 Å². The minimum atomic E-state index is -0.470. The lowest BCUT2D eigenvalue weighted by Crippen LogP contribution is -2.33. The molecular formula is C13H17BrN2O2. The molecule has 0 saturated heterocycles. The lowest BCUT2D eigenvalue weighted by molar-refractivity contribution is 0.0241. The van der Waals surface area contributed by atoms with Crippen LogP contribution in [0.4, 0.5) is 10.5 Å². The Morgan fingerprint density at radius 2 is 2.06 bits per heavy atom. The van der Waals surface area contributed by atoms with Crippen LogP contribution in [0, 0.1) is 0 Å². The van der Waals surface area contributed by atoms with Crippen molar-refractivity contribution < 1.29 is 9.53 Å². The van der Waals surface area contributed by atoms with Crippen molar-refractivity contribution in [3.63, 3.8) is 0 Å². The predicted molar refractivity (Wildman–Crippen MR) is 74.0 cm³/mol. The van der Waals surface area contributed by atoms with Crippen LogP contribution in [0.15, 0.2) is 16.6 Å². The van der Waals surface area contributed by atoms with Gasteiger partial charge in [-0.3, -0.25) is 4.90 Å². The monoisotopic (exact) mass is 312 g/mol. The summed E-state index contributed by atoms with van der Waals surface area (Å²) in [5.74, 6) is 0. The fraction of sp³-hybridized carbons (Fsp3) is 0.462. The van der Waals surface area contributed by atoms with Gasteiger partial charge in [-0.05, 0) is 53.9 Å². The van der Waals surface area contributed by atoms with Gasteiger partial charge in [-0.1, -0.05) is 6.07 Å². The molecule has 18 heavy (non-hydrogen) atoms. The summed E-state index contributed by atoms with van der Waals surface area (Å²) in [6, 6.07) is 3.81. The molecule has 98 valence electrons. The maximum absolute atomic E-state index is 12.0. The zero-order valence-electron chi connectivity index (χ0n) is 10.8. The topological polar surface area (TPSA) is 55.6 Å². The van der Waals surface area contributed by atoms with Crippen LogP contribution in [-0.2, 0) is 17.8 Å². The second kappa shape index (κ2) is 4.46. The molecule has 1 aliphatic heterocycles. The maximum atomic E-state index is 12.0.